The van der Waals surface area contributed by atoms with E-state index < -0.39 is 29.0 Å². The van der Waals surface area contributed by atoms with Crippen molar-refractivity contribution in [2.45, 2.75) is 28.4 Å². The lowest BCUT2D eigenvalue weighted by Crippen LogP contribution is -2.78. The maximum atomic E-state index is 14.3. The predicted octanol–water partition coefficient (Wildman–Crippen LogP) is 6.23. The van der Waals surface area contributed by atoms with Gasteiger partial charge in [-0.3, -0.25) is 19.5 Å². The fraction of sp³-hybridized carbons (Fsp3) is 0.176. The van der Waals surface area contributed by atoms with Gasteiger partial charge in [-0.25, -0.2) is 4.79 Å². The Bertz CT molecular complexity index is 1810. The highest BCUT2D eigenvalue weighted by atomic mass is 35.5. The molecule has 1 N–H and O–H groups in total. The second kappa shape index (κ2) is 14.7. The highest BCUT2D eigenvalue weighted by Crippen LogP contribution is 2.48. The van der Waals surface area contributed by atoms with Crippen LogP contribution in [0.1, 0.15) is 27.8 Å². The van der Waals surface area contributed by atoms with E-state index in [9.17, 15) is 14.4 Å². The highest BCUT2D eigenvalue weighted by Gasteiger charge is 2.65. The Balaban J connectivity index is 1.34. The minimum Gasteiger partial charge on any atom is -0.448 e. The molecule has 1 fully saturated rings. The Hall–Kier alpha value is -4.23. The van der Waals surface area contributed by atoms with Crippen molar-refractivity contribution in [3.8, 4) is 0 Å². The fourth-order valence-electron chi connectivity index (χ4n) is 5.22. The molecule has 2 aliphatic heterocycles. The number of aromatic nitrogens is 2. The molecule has 6 rings (SSSR count). The number of hydrogen-bond donors (Lipinski definition) is 1. The van der Waals surface area contributed by atoms with E-state index in [1.807, 2.05) is 97.9 Å². The Labute approximate surface area is 289 Å². The zero-order valence-corrected chi connectivity index (χ0v) is 28.2. The van der Waals surface area contributed by atoms with Gasteiger partial charge in [-0.05, 0) is 35.3 Å². The normalized spacial score (nSPS) is 19.5. The topological polar surface area (TPSA) is 114 Å². The van der Waals surface area contributed by atoms with Crippen LogP contribution in [-0.2, 0) is 19.1 Å². The van der Waals surface area contributed by atoms with Crippen molar-refractivity contribution in [2.24, 2.45) is 4.99 Å². The Kier molecular flexibility index (Phi) is 10.2. The zero-order chi connectivity index (χ0) is 32.8. The van der Waals surface area contributed by atoms with Crippen LogP contribution in [0.2, 0.25) is 0 Å². The molecule has 0 radical (unpaired) electrons. The third kappa shape index (κ3) is 7.05. The molecule has 1 saturated heterocycles. The molecule has 0 spiro atoms. The second-order valence-electron chi connectivity index (χ2n) is 10.5. The van der Waals surface area contributed by atoms with Gasteiger partial charge in [-0.1, -0.05) is 126 Å². The van der Waals surface area contributed by atoms with Crippen molar-refractivity contribution in [3.63, 3.8) is 0 Å². The first-order valence-electron chi connectivity index (χ1n) is 14.5. The fourth-order valence-corrected chi connectivity index (χ4v) is 8.77. The number of allylic oxidation sites excluding steroid dienone is 1. The number of aliphatic imine (C=N–C) groups is 1. The minimum absolute atomic E-state index is 0.133. The number of amides is 2. The third-order valence-corrected chi connectivity index (χ3v) is 11.1. The molecule has 47 heavy (non-hydrogen) atoms. The van der Waals surface area contributed by atoms with Crippen LogP contribution in [0.25, 0.3) is 6.08 Å². The molecule has 9 nitrogen and oxygen atoms in total. The Morgan fingerprint density at radius 2 is 1.72 bits per heavy atom. The van der Waals surface area contributed by atoms with Crippen LogP contribution in [0.15, 0.2) is 117 Å². The van der Waals surface area contributed by atoms with Crippen LogP contribution in [0, 0.1) is 6.92 Å². The number of fused-ring (bicyclic) bond motifs is 1. The van der Waals surface area contributed by atoms with E-state index in [1.165, 1.54) is 46.0 Å². The SMILES string of the molecule is Cc1nnc(SCC2=C(C(=O)OC(c3ccccc3)c3ccccc3)N3C(=O)[C@](N=CC(Cl)=Cc4ccccc4)(NC=O)[C@@H]3SC2)s1. The monoisotopic (exact) mass is 701 g/mol. The number of carbonyl (C=O) groups is 3. The van der Waals surface area contributed by atoms with E-state index in [4.69, 9.17) is 16.3 Å². The number of ether oxygens (including phenoxy) is 1. The molecule has 13 heteroatoms. The van der Waals surface area contributed by atoms with E-state index in [0.717, 1.165) is 26.0 Å². The van der Waals surface area contributed by atoms with E-state index in [2.05, 4.69) is 20.5 Å². The summed E-state index contributed by atoms with van der Waals surface area (Å²) in [5.74, 6) is -0.459. The molecule has 2 aliphatic rings. The number of β-lactam (4-membered cyclic amide) rings is 1. The van der Waals surface area contributed by atoms with Gasteiger partial charge in [0.1, 0.15) is 16.1 Å². The Morgan fingerprint density at radius 3 is 2.32 bits per heavy atom. The largest absolute Gasteiger partial charge is 0.448 e. The van der Waals surface area contributed by atoms with Crippen LogP contribution in [0.4, 0.5) is 0 Å². The lowest BCUT2D eigenvalue weighted by atomic mass is 9.95. The van der Waals surface area contributed by atoms with Crippen molar-refractivity contribution < 1.29 is 19.1 Å². The van der Waals surface area contributed by atoms with E-state index in [0.29, 0.717) is 23.5 Å². The molecule has 0 unspecified atom stereocenters. The van der Waals surface area contributed by atoms with Crippen LogP contribution < -0.4 is 5.32 Å². The number of thioether (sulfide) groups is 2. The van der Waals surface area contributed by atoms with Crippen molar-refractivity contribution in [3.05, 3.63) is 129 Å². The lowest BCUT2D eigenvalue weighted by Gasteiger charge is -2.54. The molecule has 4 aromatic rings. The summed E-state index contributed by atoms with van der Waals surface area (Å²) < 4.78 is 7.00. The molecular weight excluding hydrogens is 674 g/mol. The van der Waals surface area contributed by atoms with Gasteiger partial charge in [-0.2, -0.15) is 0 Å². The summed E-state index contributed by atoms with van der Waals surface area (Å²) in [7, 11) is 0. The number of halogens is 1. The first-order valence-corrected chi connectivity index (χ1v) is 17.7. The average Bonchev–Trinajstić information content (AvgIpc) is 3.53. The summed E-state index contributed by atoms with van der Waals surface area (Å²) in [6.07, 6.45) is 2.77. The standard InChI is InChI=1S/C34H28ClN5O4S3/c1-22-38-39-33(47-22)46-20-26-19-45-32-34(37-21-41,36-18-27(35)17-23-11-5-2-6-12-23)31(43)40(32)28(26)30(42)44-29(24-13-7-3-8-14-24)25-15-9-4-10-16-25/h2-18,21,29,32H,19-20H2,1H3,(H,37,41)/t32-,34-/m0/s1. The highest BCUT2D eigenvalue weighted by molar-refractivity contribution is 8.01. The van der Waals surface area contributed by atoms with Gasteiger partial charge in [0.05, 0.1) is 5.03 Å². The van der Waals surface area contributed by atoms with E-state index >= 15 is 0 Å². The molecule has 3 heterocycles. The third-order valence-electron chi connectivity index (χ3n) is 7.40. The molecule has 2 atom stereocenters. The van der Waals surface area contributed by atoms with Crippen molar-refractivity contribution >= 4 is 77.0 Å². The molecule has 238 valence electrons. The van der Waals surface area contributed by atoms with Crippen LogP contribution >= 0.6 is 46.5 Å². The molecule has 3 aromatic carbocycles. The Morgan fingerprint density at radius 1 is 1.09 bits per heavy atom. The van der Waals surface area contributed by atoms with E-state index in [-0.39, 0.29) is 10.7 Å². The summed E-state index contributed by atoms with van der Waals surface area (Å²) in [5.41, 5.74) is 1.59. The van der Waals surface area contributed by atoms with Gasteiger partial charge in [-0.15, -0.1) is 22.0 Å². The maximum Gasteiger partial charge on any atom is 0.356 e. The molecular formula is C34H28ClN5O4S3. The number of benzene rings is 3. The summed E-state index contributed by atoms with van der Waals surface area (Å²) in [4.78, 5) is 46.1. The first-order chi connectivity index (χ1) is 22.9. The van der Waals surface area contributed by atoms with Gasteiger partial charge in [0.25, 0.3) is 5.91 Å². The summed E-state index contributed by atoms with van der Waals surface area (Å²) in [6.45, 7) is 1.87. The number of rotatable bonds is 12. The van der Waals surface area contributed by atoms with Gasteiger partial charge in [0.2, 0.25) is 12.1 Å². The van der Waals surface area contributed by atoms with Crippen molar-refractivity contribution in [2.75, 3.05) is 11.5 Å². The van der Waals surface area contributed by atoms with Crippen molar-refractivity contribution in [1.29, 1.82) is 0 Å². The summed E-state index contributed by atoms with van der Waals surface area (Å²) in [6, 6.07) is 28.3. The number of nitrogens with one attached hydrogen (secondary N) is 1. The van der Waals surface area contributed by atoms with Gasteiger partial charge < -0.3 is 10.1 Å². The number of hydrogen-bond acceptors (Lipinski definition) is 10. The molecule has 0 aliphatic carbocycles. The zero-order valence-electron chi connectivity index (χ0n) is 25.0. The molecule has 2 amide bonds. The van der Waals surface area contributed by atoms with Gasteiger partial charge in [0.15, 0.2) is 10.4 Å². The number of nitrogens with zero attached hydrogens (tertiary/aromatic N) is 4. The molecule has 0 saturated carbocycles. The maximum absolute atomic E-state index is 14.3. The van der Waals surface area contributed by atoms with E-state index in [1.54, 1.807) is 6.08 Å². The van der Waals surface area contributed by atoms with Gasteiger partial charge in [0, 0.05) is 17.7 Å². The van der Waals surface area contributed by atoms with Crippen LogP contribution in [0.5, 0.6) is 0 Å². The molecule has 0 bridgehead atoms. The van der Waals surface area contributed by atoms with Crippen LogP contribution in [0.3, 0.4) is 0 Å². The molecule has 1 aromatic heterocycles. The predicted molar refractivity (Wildman–Crippen MR) is 187 cm³/mol. The summed E-state index contributed by atoms with van der Waals surface area (Å²) >= 11 is 10.8. The average molecular weight is 702 g/mol. The first kappa shape index (κ1) is 32.7. The minimum atomic E-state index is -1.66. The smallest absolute Gasteiger partial charge is 0.356 e. The quantitative estimate of drug-likeness (QED) is 0.0608. The van der Waals surface area contributed by atoms with Crippen molar-refractivity contribution in [1.82, 2.24) is 20.4 Å². The number of carbonyl (C=O) groups excluding carboxylic acids is 3. The second-order valence-corrected chi connectivity index (χ2v) is 14.4. The van der Waals surface area contributed by atoms with Crippen LogP contribution in [-0.4, -0.2) is 62.1 Å². The van der Waals surface area contributed by atoms with Gasteiger partial charge >= 0.3 is 5.97 Å². The number of esters is 1. The summed E-state index contributed by atoms with van der Waals surface area (Å²) in [5, 5.41) is 11.3. The number of aryl methyl sites for hydroxylation is 1. The lowest BCUT2D eigenvalue weighted by molar-refractivity contribution is -0.160.